The molecule has 3 rings (SSSR count). The summed E-state index contributed by atoms with van der Waals surface area (Å²) in [5.41, 5.74) is 1.90. The minimum absolute atomic E-state index is 0.0233. The highest BCUT2D eigenvalue weighted by Crippen LogP contribution is 2.25. The fourth-order valence-corrected chi connectivity index (χ4v) is 3.29. The molecule has 1 unspecified atom stereocenters. The van der Waals surface area contributed by atoms with Crippen molar-refractivity contribution in [2.24, 2.45) is 0 Å². The van der Waals surface area contributed by atoms with Gasteiger partial charge in [-0.05, 0) is 35.7 Å². The number of carbonyl (C=O) groups excluding carboxylic acids is 1. The summed E-state index contributed by atoms with van der Waals surface area (Å²) >= 11 is 0. The van der Waals surface area contributed by atoms with E-state index >= 15 is 0 Å². The van der Waals surface area contributed by atoms with Gasteiger partial charge in [-0.3, -0.25) is 19.7 Å². The first-order valence-corrected chi connectivity index (χ1v) is 9.30. The number of morpholine rings is 1. The maximum Gasteiger partial charge on any atom is 0.244 e. The molecule has 1 aliphatic heterocycles. The molecule has 2 aromatic rings. The minimum atomic E-state index is -0.400. The lowest BCUT2D eigenvalue weighted by Gasteiger charge is -2.36. The Bertz CT molecular complexity index is 693. The van der Waals surface area contributed by atoms with Crippen LogP contribution < -0.4 is 0 Å². The topological polar surface area (TPSA) is 78.8 Å². The smallest absolute Gasteiger partial charge is 0.244 e. The molecule has 3 heterocycles. The van der Waals surface area contributed by atoms with E-state index in [4.69, 9.17) is 4.74 Å². The van der Waals surface area contributed by atoms with E-state index in [1.54, 1.807) is 24.8 Å². The van der Waals surface area contributed by atoms with E-state index in [1.165, 1.54) is 0 Å². The lowest BCUT2D eigenvalue weighted by atomic mass is 10.0. The number of aliphatic hydroxyl groups is 1. The summed E-state index contributed by atoms with van der Waals surface area (Å²) < 4.78 is 5.46. The number of hydrogen-bond acceptors (Lipinski definition) is 6. The zero-order valence-corrected chi connectivity index (χ0v) is 15.4. The lowest BCUT2D eigenvalue weighted by molar-refractivity contribution is -0.140. The third kappa shape index (κ3) is 5.32. The van der Waals surface area contributed by atoms with Crippen LogP contribution in [0.25, 0.3) is 0 Å². The molecule has 27 heavy (non-hydrogen) atoms. The predicted molar refractivity (Wildman–Crippen MR) is 101 cm³/mol. The largest absolute Gasteiger partial charge is 0.396 e. The molecule has 7 nitrogen and oxygen atoms in total. The molecule has 7 heteroatoms. The van der Waals surface area contributed by atoms with Crippen LogP contribution in [0.15, 0.2) is 49.1 Å². The van der Waals surface area contributed by atoms with Crippen molar-refractivity contribution in [2.75, 3.05) is 39.5 Å². The van der Waals surface area contributed by atoms with Gasteiger partial charge in [0.15, 0.2) is 0 Å². The normalized spacial score (nSPS) is 16.0. The van der Waals surface area contributed by atoms with Crippen LogP contribution in [0, 0.1) is 0 Å². The van der Waals surface area contributed by atoms with E-state index in [2.05, 4.69) is 14.9 Å². The Morgan fingerprint density at radius 1 is 1.19 bits per heavy atom. The second-order valence-electron chi connectivity index (χ2n) is 6.53. The molecule has 144 valence electrons. The molecule has 1 fully saturated rings. The van der Waals surface area contributed by atoms with Gasteiger partial charge in [0, 0.05) is 57.6 Å². The van der Waals surface area contributed by atoms with Gasteiger partial charge in [0.1, 0.15) is 6.04 Å². The van der Waals surface area contributed by atoms with Crippen LogP contribution in [-0.4, -0.2) is 70.2 Å². The number of carbonyl (C=O) groups is 1. The SMILES string of the molecule is O=C(C(c1cccnc1)N1CCOCC1)N(CCCO)Cc1ccncc1. The maximum absolute atomic E-state index is 13.6. The fourth-order valence-electron chi connectivity index (χ4n) is 3.29. The van der Waals surface area contributed by atoms with E-state index < -0.39 is 6.04 Å². The first kappa shape index (κ1) is 19.4. The molecule has 0 spiro atoms. The highest BCUT2D eigenvalue weighted by molar-refractivity contribution is 5.83. The summed E-state index contributed by atoms with van der Waals surface area (Å²) in [6.07, 6.45) is 7.47. The molecule has 0 radical (unpaired) electrons. The molecule has 0 aromatic carbocycles. The van der Waals surface area contributed by atoms with Crippen LogP contribution in [0.2, 0.25) is 0 Å². The summed E-state index contributed by atoms with van der Waals surface area (Å²) in [7, 11) is 0. The van der Waals surface area contributed by atoms with E-state index in [1.807, 2.05) is 29.2 Å². The molecular formula is C20H26N4O3. The van der Waals surface area contributed by atoms with E-state index in [9.17, 15) is 9.90 Å². The number of pyridine rings is 2. The lowest BCUT2D eigenvalue weighted by Crippen LogP contribution is -2.47. The summed E-state index contributed by atoms with van der Waals surface area (Å²) in [6, 6.07) is 7.22. The van der Waals surface area contributed by atoms with Crippen LogP contribution >= 0.6 is 0 Å². The second kappa shape index (κ2) is 10.1. The van der Waals surface area contributed by atoms with E-state index in [0.29, 0.717) is 45.8 Å². The maximum atomic E-state index is 13.6. The quantitative estimate of drug-likeness (QED) is 0.754. The number of aromatic nitrogens is 2. The van der Waals surface area contributed by atoms with Crippen molar-refractivity contribution in [2.45, 2.75) is 19.0 Å². The Morgan fingerprint density at radius 3 is 2.63 bits per heavy atom. The van der Waals surface area contributed by atoms with Crippen LogP contribution in [0.4, 0.5) is 0 Å². The van der Waals surface area contributed by atoms with E-state index in [-0.39, 0.29) is 12.5 Å². The monoisotopic (exact) mass is 370 g/mol. The van der Waals surface area contributed by atoms with Gasteiger partial charge in [0.25, 0.3) is 0 Å². The van der Waals surface area contributed by atoms with Gasteiger partial charge in [0.2, 0.25) is 5.91 Å². The van der Waals surface area contributed by atoms with Crippen molar-refractivity contribution in [3.8, 4) is 0 Å². The molecule has 1 aliphatic rings. The molecule has 1 atom stereocenters. The zero-order chi connectivity index (χ0) is 18.9. The van der Waals surface area contributed by atoms with Crippen molar-refractivity contribution < 1.29 is 14.6 Å². The van der Waals surface area contributed by atoms with Crippen molar-refractivity contribution in [1.29, 1.82) is 0 Å². The van der Waals surface area contributed by atoms with Crippen molar-refractivity contribution >= 4 is 5.91 Å². The zero-order valence-electron chi connectivity index (χ0n) is 15.4. The summed E-state index contributed by atoms with van der Waals surface area (Å²) in [6.45, 7) is 3.68. The molecular weight excluding hydrogens is 344 g/mol. The predicted octanol–water partition coefficient (Wildman–Crippen LogP) is 1.26. The Morgan fingerprint density at radius 2 is 1.96 bits per heavy atom. The molecule has 1 N–H and O–H groups in total. The van der Waals surface area contributed by atoms with Crippen molar-refractivity contribution in [3.63, 3.8) is 0 Å². The van der Waals surface area contributed by atoms with Gasteiger partial charge in [-0.1, -0.05) is 6.07 Å². The number of amides is 1. The number of ether oxygens (including phenoxy) is 1. The molecule has 0 saturated carbocycles. The van der Waals surface area contributed by atoms with Gasteiger partial charge in [-0.25, -0.2) is 0 Å². The van der Waals surface area contributed by atoms with Crippen LogP contribution in [0.1, 0.15) is 23.6 Å². The standard InChI is InChI=1S/C20H26N4O3/c25-12-2-9-24(16-17-4-7-21-8-5-17)20(26)19(18-3-1-6-22-15-18)23-10-13-27-14-11-23/h1,3-8,15,19,25H,2,9-14,16H2. The molecule has 1 amide bonds. The van der Waals surface area contributed by atoms with Gasteiger partial charge in [0.05, 0.1) is 13.2 Å². The Hall–Kier alpha value is -2.35. The number of hydrogen-bond donors (Lipinski definition) is 1. The average Bonchev–Trinajstić information content (AvgIpc) is 2.73. The first-order valence-electron chi connectivity index (χ1n) is 9.30. The van der Waals surface area contributed by atoms with Crippen LogP contribution in [0.5, 0.6) is 0 Å². The first-order chi connectivity index (χ1) is 13.3. The van der Waals surface area contributed by atoms with Gasteiger partial charge < -0.3 is 14.7 Å². The van der Waals surface area contributed by atoms with Gasteiger partial charge in [-0.15, -0.1) is 0 Å². The second-order valence-corrected chi connectivity index (χ2v) is 6.53. The Kier molecular flexibility index (Phi) is 7.27. The molecule has 0 bridgehead atoms. The highest BCUT2D eigenvalue weighted by atomic mass is 16.5. The minimum Gasteiger partial charge on any atom is -0.396 e. The highest BCUT2D eigenvalue weighted by Gasteiger charge is 2.32. The van der Waals surface area contributed by atoms with Gasteiger partial charge >= 0.3 is 0 Å². The van der Waals surface area contributed by atoms with Crippen molar-refractivity contribution in [3.05, 3.63) is 60.2 Å². The Labute approximate surface area is 159 Å². The van der Waals surface area contributed by atoms with Crippen molar-refractivity contribution in [1.82, 2.24) is 19.8 Å². The third-order valence-corrected chi connectivity index (χ3v) is 4.67. The molecule has 0 aliphatic carbocycles. The third-order valence-electron chi connectivity index (χ3n) is 4.67. The summed E-state index contributed by atoms with van der Waals surface area (Å²) in [5.74, 6) is 0.0233. The number of aliphatic hydroxyl groups excluding tert-OH is 1. The number of nitrogens with zero attached hydrogens (tertiary/aromatic N) is 4. The van der Waals surface area contributed by atoms with Gasteiger partial charge in [-0.2, -0.15) is 0 Å². The fraction of sp³-hybridized carbons (Fsp3) is 0.450. The summed E-state index contributed by atoms with van der Waals surface area (Å²) in [5, 5.41) is 9.28. The average molecular weight is 370 g/mol. The molecule has 1 saturated heterocycles. The van der Waals surface area contributed by atoms with E-state index in [0.717, 1.165) is 11.1 Å². The number of rotatable bonds is 8. The summed E-state index contributed by atoms with van der Waals surface area (Å²) in [4.78, 5) is 25.8. The van der Waals surface area contributed by atoms with Crippen LogP contribution in [-0.2, 0) is 16.1 Å². The Balaban J connectivity index is 1.85. The van der Waals surface area contributed by atoms with Crippen LogP contribution in [0.3, 0.4) is 0 Å². The molecule has 2 aromatic heterocycles.